The van der Waals surface area contributed by atoms with Gasteiger partial charge in [-0.15, -0.1) is 0 Å². The molecule has 0 saturated heterocycles. The van der Waals surface area contributed by atoms with E-state index in [0.717, 1.165) is 17.0 Å². The van der Waals surface area contributed by atoms with Gasteiger partial charge in [-0.3, -0.25) is 9.78 Å². The molecule has 0 bridgehead atoms. The highest BCUT2D eigenvalue weighted by Gasteiger charge is 2.04. The lowest BCUT2D eigenvalue weighted by atomic mass is 10.1. The number of H-pyrrole nitrogens is 1. The number of hydrogen-bond acceptors (Lipinski definition) is 4. The van der Waals surface area contributed by atoms with Crippen LogP contribution in [0.2, 0.25) is 0 Å². The Morgan fingerprint density at radius 3 is 2.62 bits per heavy atom. The van der Waals surface area contributed by atoms with Crippen molar-refractivity contribution < 1.29 is 4.74 Å². The molecule has 0 saturated carbocycles. The normalized spacial score (nSPS) is 11.2. The number of guanidine groups is 1. The summed E-state index contributed by atoms with van der Waals surface area (Å²) in [5.41, 5.74) is 7.72. The summed E-state index contributed by atoms with van der Waals surface area (Å²) in [6.45, 7) is 2.53. The molecule has 0 amide bonds. The van der Waals surface area contributed by atoms with E-state index < -0.39 is 0 Å². The molecule has 2 aromatic carbocycles. The van der Waals surface area contributed by atoms with Crippen LogP contribution in [0.3, 0.4) is 0 Å². The van der Waals surface area contributed by atoms with E-state index in [1.807, 2.05) is 61.5 Å². The smallest absolute Gasteiger partial charge is 0.252 e. The van der Waals surface area contributed by atoms with E-state index in [-0.39, 0.29) is 17.5 Å². The number of aromatic nitrogens is 2. The van der Waals surface area contributed by atoms with E-state index in [2.05, 4.69) is 20.3 Å². The molecule has 0 radical (unpaired) electrons. The third kappa shape index (κ3) is 4.47. The second kappa shape index (κ2) is 7.98. The first-order chi connectivity index (χ1) is 12.6. The quantitative estimate of drug-likeness (QED) is 0.485. The highest BCUT2D eigenvalue weighted by atomic mass is 16.5. The van der Waals surface area contributed by atoms with Gasteiger partial charge < -0.3 is 15.8 Å². The Balaban J connectivity index is 1.80. The molecule has 0 spiro atoms. The summed E-state index contributed by atoms with van der Waals surface area (Å²) in [7, 11) is 0. The van der Waals surface area contributed by atoms with Crippen LogP contribution in [0.5, 0.6) is 5.75 Å². The van der Waals surface area contributed by atoms with Crippen molar-refractivity contribution in [3.8, 4) is 17.0 Å². The van der Waals surface area contributed by atoms with Crippen LogP contribution < -0.4 is 21.3 Å². The maximum Gasteiger partial charge on any atom is 0.252 e. The molecular weight excluding hydrogens is 330 g/mol. The number of ether oxygens (including phenoxy) is 1. The van der Waals surface area contributed by atoms with Crippen LogP contribution in [-0.2, 0) is 0 Å². The van der Waals surface area contributed by atoms with Gasteiger partial charge in [0.1, 0.15) is 5.75 Å². The molecule has 0 aliphatic carbocycles. The summed E-state index contributed by atoms with van der Waals surface area (Å²) in [6, 6.07) is 18.1. The molecular formula is C19H19N5O2. The zero-order valence-corrected chi connectivity index (χ0v) is 14.3. The number of nitrogens with two attached hydrogens (primary N) is 1. The summed E-state index contributed by atoms with van der Waals surface area (Å²) in [4.78, 5) is 22.9. The number of nitrogens with one attached hydrogen (secondary N) is 2. The van der Waals surface area contributed by atoms with E-state index in [1.54, 1.807) is 0 Å². The molecule has 7 nitrogen and oxygen atoms in total. The van der Waals surface area contributed by atoms with Crippen LogP contribution in [0.4, 0.5) is 11.6 Å². The van der Waals surface area contributed by atoms with Crippen molar-refractivity contribution in [3.05, 3.63) is 71.0 Å². The van der Waals surface area contributed by atoms with Crippen LogP contribution in [0.1, 0.15) is 6.92 Å². The Hall–Kier alpha value is -3.61. The van der Waals surface area contributed by atoms with Gasteiger partial charge >= 0.3 is 0 Å². The highest BCUT2D eigenvalue weighted by Crippen LogP contribution is 2.17. The Bertz CT molecular complexity index is 950. The lowest BCUT2D eigenvalue weighted by molar-refractivity contribution is 0.340. The minimum Gasteiger partial charge on any atom is -0.494 e. The second-order valence-corrected chi connectivity index (χ2v) is 5.40. The van der Waals surface area contributed by atoms with E-state index >= 15 is 0 Å². The number of aliphatic imine (C=N–C) groups is 1. The molecule has 0 atom stereocenters. The maximum absolute atomic E-state index is 11.9. The van der Waals surface area contributed by atoms with Gasteiger partial charge in [0.2, 0.25) is 11.9 Å². The fourth-order valence-electron chi connectivity index (χ4n) is 2.35. The standard InChI is InChI=1S/C19H19N5O2/c1-2-26-15-10-8-14(9-11-15)21-18(20)24-19-22-16(12-17(25)23-19)13-6-4-3-5-7-13/h3-12H,2H2,1H3,(H4,20,21,22,23,24,25). The molecule has 1 aromatic heterocycles. The van der Waals surface area contributed by atoms with Crippen molar-refractivity contribution in [2.24, 2.45) is 10.7 Å². The average molecular weight is 349 g/mol. The van der Waals surface area contributed by atoms with E-state index in [0.29, 0.717) is 12.3 Å². The van der Waals surface area contributed by atoms with E-state index in [4.69, 9.17) is 10.5 Å². The van der Waals surface area contributed by atoms with Crippen LogP contribution in [0.15, 0.2) is 70.5 Å². The fourth-order valence-corrected chi connectivity index (χ4v) is 2.35. The average Bonchev–Trinajstić information content (AvgIpc) is 2.64. The summed E-state index contributed by atoms with van der Waals surface area (Å²) < 4.78 is 5.39. The lowest BCUT2D eigenvalue weighted by Gasteiger charge is -2.07. The first-order valence-corrected chi connectivity index (χ1v) is 8.15. The minimum absolute atomic E-state index is 0.113. The van der Waals surface area contributed by atoms with Crippen molar-refractivity contribution in [3.63, 3.8) is 0 Å². The molecule has 0 aliphatic rings. The van der Waals surface area contributed by atoms with Gasteiger partial charge in [0.15, 0.2) is 0 Å². The molecule has 132 valence electrons. The minimum atomic E-state index is -0.300. The van der Waals surface area contributed by atoms with Crippen LogP contribution in [-0.4, -0.2) is 22.5 Å². The third-order valence-corrected chi connectivity index (χ3v) is 3.46. The predicted octanol–water partition coefficient (Wildman–Crippen LogP) is 2.89. The Labute approximate surface area is 150 Å². The highest BCUT2D eigenvalue weighted by molar-refractivity contribution is 5.93. The molecule has 1 heterocycles. The van der Waals surface area contributed by atoms with Gasteiger partial charge in [0.25, 0.3) is 5.56 Å². The van der Waals surface area contributed by atoms with Crippen molar-refractivity contribution in [1.29, 1.82) is 0 Å². The summed E-state index contributed by atoms with van der Waals surface area (Å²) >= 11 is 0. The van der Waals surface area contributed by atoms with Gasteiger partial charge in [-0.1, -0.05) is 30.3 Å². The number of anilines is 1. The Kier molecular flexibility index (Phi) is 5.28. The van der Waals surface area contributed by atoms with Crippen LogP contribution in [0, 0.1) is 0 Å². The largest absolute Gasteiger partial charge is 0.494 e. The summed E-state index contributed by atoms with van der Waals surface area (Å²) in [6.07, 6.45) is 0. The van der Waals surface area contributed by atoms with Gasteiger partial charge in [0, 0.05) is 17.3 Å². The summed E-state index contributed by atoms with van der Waals surface area (Å²) in [5, 5.41) is 2.95. The van der Waals surface area contributed by atoms with E-state index in [9.17, 15) is 4.79 Å². The van der Waals surface area contributed by atoms with Gasteiger partial charge in [-0.2, -0.15) is 4.99 Å². The second-order valence-electron chi connectivity index (χ2n) is 5.40. The van der Waals surface area contributed by atoms with Crippen LogP contribution in [0.25, 0.3) is 11.3 Å². The first-order valence-electron chi connectivity index (χ1n) is 8.15. The number of rotatable bonds is 5. The molecule has 7 heteroatoms. The zero-order chi connectivity index (χ0) is 18.4. The SMILES string of the molecule is CCOc1ccc(NC(N)=Nc2nc(-c3ccccc3)cc(=O)[nH]2)cc1. The Morgan fingerprint density at radius 1 is 1.19 bits per heavy atom. The number of nitrogens with zero attached hydrogens (tertiary/aromatic N) is 2. The van der Waals surface area contributed by atoms with Crippen molar-refractivity contribution in [2.75, 3.05) is 11.9 Å². The summed E-state index contributed by atoms with van der Waals surface area (Å²) in [5.74, 6) is 1.02. The molecule has 3 rings (SSSR count). The lowest BCUT2D eigenvalue weighted by Crippen LogP contribution is -2.22. The van der Waals surface area contributed by atoms with E-state index in [1.165, 1.54) is 6.07 Å². The topological polar surface area (TPSA) is 105 Å². The number of aromatic amines is 1. The number of hydrogen-bond donors (Lipinski definition) is 3. The van der Waals surface area contributed by atoms with Gasteiger partial charge in [0.05, 0.1) is 12.3 Å². The molecule has 26 heavy (non-hydrogen) atoms. The third-order valence-electron chi connectivity index (χ3n) is 3.46. The predicted molar refractivity (Wildman–Crippen MR) is 103 cm³/mol. The van der Waals surface area contributed by atoms with Crippen molar-refractivity contribution in [2.45, 2.75) is 6.92 Å². The molecule has 4 N–H and O–H groups in total. The van der Waals surface area contributed by atoms with Crippen molar-refractivity contribution in [1.82, 2.24) is 9.97 Å². The molecule has 3 aromatic rings. The van der Waals surface area contributed by atoms with Crippen molar-refractivity contribution >= 4 is 17.6 Å². The zero-order valence-electron chi connectivity index (χ0n) is 14.3. The molecule has 0 unspecified atom stereocenters. The fraction of sp³-hybridized carbons (Fsp3) is 0.105. The first kappa shape index (κ1) is 17.2. The maximum atomic E-state index is 11.9. The van der Waals surface area contributed by atoms with Gasteiger partial charge in [-0.05, 0) is 31.2 Å². The van der Waals surface area contributed by atoms with Gasteiger partial charge in [-0.25, -0.2) is 4.98 Å². The number of benzene rings is 2. The monoisotopic (exact) mass is 349 g/mol. The Morgan fingerprint density at radius 2 is 1.92 bits per heavy atom. The molecule has 0 fully saturated rings. The van der Waals surface area contributed by atoms with Crippen LogP contribution >= 0.6 is 0 Å². The molecule has 0 aliphatic heterocycles.